The standard InChI is InChI=1S/C13H16FN3O3/c1-18-7-6-15-8-13-16-12(17-20-13)9-19-11-5-3-2-4-10(11)14/h2-5,15H,6-9H2,1H3. The van der Waals surface area contributed by atoms with Crippen molar-refractivity contribution < 1.29 is 18.4 Å². The smallest absolute Gasteiger partial charge is 0.240 e. The number of halogens is 1. The summed E-state index contributed by atoms with van der Waals surface area (Å²) >= 11 is 0. The summed E-state index contributed by atoms with van der Waals surface area (Å²) in [7, 11) is 1.63. The number of hydrogen-bond acceptors (Lipinski definition) is 6. The molecule has 0 aliphatic heterocycles. The van der Waals surface area contributed by atoms with Gasteiger partial charge in [0.2, 0.25) is 11.7 Å². The maximum atomic E-state index is 13.3. The second-order valence-electron chi connectivity index (χ2n) is 3.99. The Kier molecular flexibility index (Phi) is 5.45. The van der Waals surface area contributed by atoms with Crippen molar-refractivity contribution in [3.63, 3.8) is 0 Å². The topological polar surface area (TPSA) is 69.4 Å². The molecule has 0 atom stereocenters. The summed E-state index contributed by atoms with van der Waals surface area (Å²) in [5.74, 6) is 0.569. The van der Waals surface area contributed by atoms with E-state index in [-0.39, 0.29) is 12.4 Å². The van der Waals surface area contributed by atoms with Crippen LogP contribution in [0.4, 0.5) is 4.39 Å². The van der Waals surface area contributed by atoms with Crippen molar-refractivity contribution in [1.82, 2.24) is 15.5 Å². The fourth-order valence-corrected chi connectivity index (χ4v) is 1.49. The summed E-state index contributed by atoms with van der Waals surface area (Å²) in [6.45, 7) is 1.82. The molecule has 0 aliphatic carbocycles. The molecule has 0 unspecified atom stereocenters. The molecule has 0 saturated carbocycles. The molecule has 0 saturated heterocycles. The van der Waals surface area contributed by atoms with Crippen molar-refractivity contribution in [2.24, 2.45) is 0 Å². The van der Waals surface area contributed by atoms with Crippen molar-refractivity contribution >= 4 is 0 Å². The number of aromatic nitrogens is 2. The summed E-state index contributed by atoms with van der Waals surface area (Å²) in [6, 6.07) is 6.17. The Labute approximate surface area is 115 Å². The number of para-hydroxylation sites is 1. The zero-order valence-electron chi connectivity index (χ0n) is 11.1. The third kappa shape index (κ3) is 4.29. The van der Waals surface area contributed by atoms with E-state index >= 15 is 0 Å². The predicted molar refractivity (Wildman–Crippen MR) is 68.6 cm³/mol. The lowest BCUT2D eigenvalue weighted by Crippen LogP contribution is -2.18. The lowest BCUT2D eigenvalue weighted by atomic mass is 10.3. The van der Waals surface area contributed by atoms with Gasteiger partial charge in [0.05, 0.1) is 13.2 Å². The first-order valence-electron chi connectivity index (χ1n) is 6.18. The zero-order valence-corrected chi connectivity index (χ0v) is 11.1. The summed E-state index contributed by atoms with van der Waals surface area (Å²) in [5.41, 5.74) is 0. The van der Waals surface area contributed by atoms with Gasteiger partial charge < -0.3 is 19.3 Å². The van der Waals surface area contributed by atoms with E-state index in [1.54, 1.807) is 25.3 Å². The Morgan fingerprint density at radius 3 is 3.00 bits per heavy atom. The van der Waals surface area contributed by atoms with Crippen LogP contribution in [-0.4, -0.2) is 30.4 Å². The quantitative estimate of drug-likeness (QED) is 0.740. The SMILES string of the molecule is COCCNCc1nc(COc2ccccc2F)no1. The summed E-state index contributed by atoms with van der Waals surface area (Å²) < 4.78 is 28.5. The average Bonchev–Trinajstić information content (AvgIpc) is 2.91. The van der Waals surface area contributed by atoms with Gasteiger partial charge in [-0.3, -0.25) is 0 Å². The number of methoxy groups -OCH3 is 1. The van der Waals surface area contributed by atoms with Crippen LogP contribution in [0.5, 0.6) is 5.75 Å². The Morgan fingerprint density at radius 2 is 2.20 bits per heavy atom. The van der Waals surface area contributed by atoms with Gasteiger partial charge in [-0.05, 0) is 12.1 Å². The largest absolute Gasteiger partial charge is 0.482 e. The van der Waals surface area contributed by atoms with Crippen LogP contribution in [0.25, 0.3) is 0 Å². The molecule has 0 spiro atoms. The molecule has 7 heteroatoms. The van der Waals surface area contributed by atoms with Gasteiger partial charge in [-0.1, -0.05) is 17.3 Å². The lowest BCUT2D eigenvalue weighted by Gasteiger charge is -2.03. The van der Waals surface area contributed by atoms with Gasteiger partial charge in [-0.25, -0.2) is 4.39 Å². The van der Waals surface area contributed by atoms with Gasteiger partial charge in [-0.2, -0.15) is 4.98 Å². The van der Waals surface area contributed by atoms with Crippen LogP contribution in [0.2, 0.25) is 0 Å². The van der Waals surface area contributed by atoms with Gasteiger partial charge >= 0.3 is 0 Å². The number of benzene rings is 1. The van der Waals surface area contributed by atoms with E-state index in [9.17, 15) is 4.39 Å². The minimum absolute atomic E-state index is 0.0580. The molecule has 2 rings (SSSR count). The van der Waals surface area contributed by atoms with Gasteiger partial charge in [0.25, 0.3) is 0 Å². The van der Waals surface area contributed by atoms with E-state index in [0.717, 1.165) is 0 Å². The van der Waals surface area contributed by atoms with Gasteiger partial charge in [0, 0.05) is 13.7 Å². The molecule has 1 aromatic heterocycles. The van der Waals surface area contributed by atoms with Crippen molar-refractivity contribution in [3.05, 3.63) is 41.8 Å². The molecule has 1 heterocycles. The number of nitrogens with zero attached hydrogens (tertiary/aromatic N) is 2. The third-order valence-corrected chi connectivity index (χ3v) is 2.46. The highest BCUT2D eigenvalue weighted by molar-refractivity contribution is 5.23. The van der Waals surface area contributed by atoms with E-state index < -0.39 is 5.82 Å². The summed E-state index contributed by atoms with van der Waals surface area (Å²) in [5, 5.41) is 6.83. The first-order chi connectivity index (χ1) is 9.79. The monoisotopic (exact) mass is 281 g/mol. The molecular weight excluding hydrogens is 265 g/mol. The molecule has 20 heavy (non-hydrogen) atoms. The first kappa shape index (κ1) is 14.4. The fourth-order valence-electron chi connectivity index (χ4n) is 1.49. The number of hydrogen-bond donors (Lipinski definition) is 1. The van der Waals surface area contributed by atoms with E-state index in [4.69, 9.17) is 14.0 Å². The maximum Gasteiger partial charge on any atom is 0.240 e. The molecule has 0 aliphatic rings. The minimum atomic E-state index is -0.419. The molecule has 0 bridgehead atoms. The van der Waals surface area contributed by atoms with Crippen molar-refractivity contribution in [2.45, 2.75) is 13.2 Å². The highest BCUT2D eigenvalue weighted by atomic mass is 19.1. The fraction of sp³-hybridized carbons (Fsp3) is 0.385. The predicted octanol–water partition coefficient (Wildman–Crippen LogP) is 1.52. The van der Waals surface area contributed by atoms with Crippen molar-refractivity contribution in [1.29, 1.82) is 0 Å². The molecule has 1 aromatic carbocycles. The number of ether oxygens (including phenoxy) is 2. The van der Waals surface area contributed by atoms with E-state index in [2.05, 4.69) is 15.5 Å². The number of nitrogens with one attached hydrogen (secondary N) is 1. The summed E-state index contributed by atoms with van der Waals surface area (Å²) in [6.07, 6.45) is 0. The van der Waals surface area contributed by atoms with E-state index in [1.807, 2.05) is 0 Å². The van der Waals surface area contributed by atoms with Crippen LogP contribution in [0.3, 0.4) is 0 Å². The van der Waals surface area contributed by atoms with Crippen LogP contribution in [-0.2, 0) is 17.9 Å². The van der Waals surface area contributed by atoms with Crippen LogP contribution in [0.15, 0.2) is 28.8 Å². The lowest BCUT2D eigenvalue weighted by molar-refractivity contribution is 0.197. The maximum absolute atomic E-state index is 13.3. The summed E-state index contributed by atoms with van der Waals surface area (Å²) in [4.78, 5) is 4.12. The minimum Gasteiger partial charge on any atom is -0.482 e. The highest BCUT2D eigenvalue weighted by Crippen LogP contribution is 2.16. The van der Waals surface area contributed by atoms with Crippen LogP contribution < -0.4 is 10.1 Å². The Balaban J connectivity index is 1.79. The number of rotatable bonds is 8. The van der Waals surface area contributed by atoms with Gasteiger partial charge in [-0.15, -0.1) is 0 Å². The molecule has 6 nitrogen and oxygen atoms in total. The zero-order chi connectivity index (χ0) is 14.2. The third-order valence-electron chi connectivity index (χ3n) is 2.46. The first-order valence-corrected chi connectivity index (χ1v) is 6.18. The Hall–Kier alpha value is -1.99. The molecule has 0 radical (unpaired) electrons. The second-order valence-corrected chi connectivity index (χ2v) is 3.99. The second kappa shape index (κ2) is 7.56. The molecule has 2 aromatic rings. The molecular formula is C13H16FN3O3. The Bertz CT molecular complexity index is 533. The normalized spacial score (nSPS) is 10.7. The Morgan fingerprint density at radius 1 is 1.35 bits per heavy atom. The van der Waals surface area contributed by atoms with Gasteiger partial charge in [0.1, 0.15) is 0 Å². The molecule has 0 amide bonds. The van der Waals surface area contributed by atoms with Crippen LogP contribution >= 0.6 is 0 Å². The van der Waals surface area contributed by atoms with E-state index in [1.165, 1.54) is 6.07 Å². The average molecular weight is 281 g/mol. The highest BCUT2D eigenvalue weighted by Gasteiger charge is 2.08. The molecule has 0 fully saturated rings. The van der Waals surface area contributed by atoms with Crippen molar-refractivity contribution in [3.8, 4) is 5.75 Å². The van der Waals surface area contributed by atoms with Crippen LogP contribution in [0, 0.1) is 5.82 Å². The van der Waals surface area contributed by atoms with Crippen LogP contribution in [0.1, 0.15) is 11.7 Å². The van der Waals surface area contributed by atoms with Crippen molar-refractivity contribution in [2.75, 3.05) is 20.3 Å². The molecule has 108 valence electrons. The van der Waals surface area contributed by atoms with Gasteiger partial charge in [0.15, 0.2) is 18.2 Å². The van der Waals surface area contributed by atoms with E-state index in [0.29, 0.717) is 31.4 Å². The molecule has 1 N–H and O–H groups in total.